The number of piperidine rings is 2. The summed E-state index contributed by atoms with van der Waals surface area (Å²) in [5.41, 5.74) is -0.931. The predicted octanol–water partition coefficient (Wildman–Crippen LogP) is 1.92. The van der Waals surface area contributed by atoms with Gasteiger partial charge in [0.2, 0.25) is 5.91 Å². The number of nitrogens with one attached hydrogen (secondary N) is 1. The molecule has 1 atom stereocenters. The Hall–Kier alpha value is -1.90. The summed E-state index contributed by atoms with van der Waals surface area (Å²) in [5.74, 6) is 0.408. The Labute approximate surface area is 150 Å². The van der Waals surface area contributed by atoms with E-state index >= 15 is 0 Å². The number of alkyl halides is 3. The molecule has 1 N–H and O–H groups in total. The van der Waals surface area contributed by atoms with E-state index in [-0.39, 0.29) is 23.7 Å². The standard InChI is InChI=1S/C17H24F3N5O/c1-24-6-2-3-12(10-24)16(26)23-13-4-7-25(8-5-13)15-9-14(17(18,19)20)21-11-22-15/h9,11-13H,2-8,10H2,1H3,(H,23,26)/t12-/m0/s1. The van der Waals surface area contributed by atoms with E-state index in [1.807, 2.05) is 11.9 Å². The van der Waals surface area contributed by atoms with Crippen LogP contribution in [0.5, 0.6) is 0 Å². The Morgan fingerprint density at radius 1 is 1.19 bits per heavy atom. The molecule has 0 aromatic carbocycles. The van der Waals surface area contributed by atoms with Gasteiger partial charge in [-0.2, -0.15) is 13.2 Å². The number of carbonyl (C=O) groups excluding carboxylic acids is 1. The number of amides is 1. The highest BCUT2D eigenvalue weighted by Gasteiger charge is 2.34. The zero-order valence-corrected chi connectivity index (χ0v) is 14.8. The number of anilines is 1. The fourth-order valence-corrected chi connectivity index (χ4v) is 3.63. The molecule has 2 aliphatic rings. The zero-order valence-electron chi connectivity index (χ0n) is 14.8. The second kappa shape index (κ2) is 7.77. The van der Waals surface area contributed by atoms with Gasteiger partial charge in [-0.3, -0.25) is 4.79 Å². The molecule has 0 saturated carbocycles. The van der Waals surface area contributed by atoms with Gasteiger partial charge < -0.3 is 15.1 Å². The molecule has 0 unspecified atom stereocenters. The highest BCUT2D eigenvalue weighted by Crippen LogP contribution is 2.29. The quantitative estimate of drug-likeness (QED) is 0.880. The topological polar surface area (TPSA) is 61.4 Å². The molecule has 2 aliphatic heterocycles. The number of nitrogens with zero attached hydrogens (tertiary/aromatic N) is 4. The Morgan fingerprint density at radius 3 is 2.58 bits per heavy atom. The van der Waals surface area contributed by atoms with E-state index in [0.29, 0.717) is 25.9 Å². The van der Waals surface area contributed by atoms with Crippen LogP contribution in [0.3, 0.4) is 0 Å². The smallest absolute Gasteiger partial charge is 0.356 e. The van der Waals surface area contributed by atoms with Crippen molar-refractivity contribution in [3.63, 3.8) is 0 Å². The molecule has 1 aromatic rings. The fourth-order valence-electron chi connectivity index (χ4n) is 3.63. The Bertz CT molecular complexity index is 631. The second-order valence-corrected chi connectivity index (χ2v) is 7.13. The molecule has 3 rings (SSSR count). The summed E-state index contributed by atoms with van der Waals surface area (Å²) in [5, 5.41) is 3.11. The number of aromatic nitrogens is 2. The Morgan fingerprint density at radius 2 is 1.92 bits per heavy atom. The van der Waals surface area contributed by atoms with Crippen molar-refractivity contribution in [3.8, 4) is 0 Å². The van der Waals surface area contributed by atoms with Gasteiger partial charge in [0.05, 0.1) is 5.92 Å². The lowest BCUT2D eigenvalue weighted by Gasteiger charge is -2.35. The molecule has 26 heavy (non-hydrogen) atoms. The van der Waals surface area contributed by atoms with Crippen LogP contribution in [0.1, 0.15) is 31.4 Å². The van der Waals surface area contributed by atoms with Crippen molar-refractivity contribution in [3.05, 3.63) is 18.1 Å². The fraction of sp³-hybridized carbons (Fsp3) is 0.706. The average molecular weight is 371 g/mol. The number of rotatable bonds is 3. The van der Waals surface area contributed by atoms with Crippen LogP contribution < -0.4 is 10.2 Å². The summed E-state index contributed by atoms with van der Waals surface area (Å²) >= 11 is 0. The monoisotopic (exact) mass is 371 g/mol. The van der Waals surface area contributed by atoms with Crippen molar-refractivity contribution in [1.29, 1.82) is 0 Å². The van der Waals surface area contributed by atoms with Crippen LogP contribution in [0, 0.1) is 5.92 Å². The number of likely N-dealkylation sites (tertiary alicyclic amines) is 1. The molecule has 9 heteroatoms. The number of halogens is 3. The first kappa shape index (κ1) is 18.9. The Balaban J connectivity index is 1.52. The van der Waals surface area contributed by atoms with E-state index < -0.39 is 11.9 Å². The lowest BCUT2D eigenvalue weighted by molar-refractivity contribution is -0.141. The highest BCUT2D eigenvalue weighted by atomic mass is 19.4. The molecule has 1 aromatic heterocycles. The molecular formula is C17H24F3N5O. The van der Waals surface area contributed by atoms with Crippen LogP contribution in [0.25, 0.3) is 0 Å². The summed E-state index contributed by atoms with van der Waals surface area (Å²) < 4.78 is 38.4. The molecule has 0 radical (unpaired) electrons. The summed E-state index contributed by atoms with van der Waals surface area (Å²) in [6.07, 6.45) is -0.194. The van der Waals surface area contributed by atoms with Gasteiger partial charge >= 0.3 is 6.18 Å². The second-order valence-electron chi connectivity index (χ2n) is 7.13. The number of carbonyl (C=O) groups is 1. The van der Waals surface area contributed by atoms with Crippen molar-refractivity contribution < 1.29 is 18.0 Å². The minimum atomic E-state index is -4.48. The first-order valence-corrected chi connectivity index (χ1v) is 8.96. The predicted molar refractivity (Wildman–Crippen MR) is 90.6 cm³/mol. The van der Waals surface area contributed by atoms with Gasteiger partial charge in [0.15, 0.2) is 0 Å². The largest absolute Gasteiger partial charge is 0.433 e. The first-order chi connectivity index (χ1) is 12.3. The highest BCUT2D eigenvalue weighted by molar-refractivity contribution is 5.79. The van der Waals surface area contributed by atoms with Gasteiger partial charge in [-0.05, 0) is 39.3 Å². The summed E-state index contributed by atoms with van der Waals surface area (Å²) in [6, 6.07) is 1.05. The number of hydrogen-bond donors (Lipinski definition) is 1. The maximum Gasteiger partial charge on any atom is 0.433 e. The molecule has 2 saturated heterocycles. The van der Waals surface area contributed by atoms with Gasteiger partial charge in [0.25, 0.3) is 0 Å². The first-order valence-electron chi connectivity index (χ1n) is 8.96. The summed E-state index contributed by atoms with van der Waals surface area (Å²) in [7, 11) is 2.02. The SMILES string of the molecule is CN1CCC[C@H](C(=O)NC2CCN(c3cc(C(F)(F)F)ncn3)CC2)C1. The molecule has 6 nitrogen and oxygen atoms in total. The van der Waals surface area contributed by atoms with E-state index in [1.54, 1.807) is 0 Å². The van der Waals surface area contributed by atoms with Crippen molar-refractivity contribution in [1.82, 2.24) is 20.2 Å². The van der Waals surface area contributed by atoms with Gasteiger partial charge in [-0.25, -0.2) is 9.97 Å². The van der Waals surface area contributed by atoms with Gasteiger partial charge in [-0.15, -0.1) is 0 Å². The normalized spacial score (nSPS) is 23.1. The average Bonchev–Trinajstić information content (AvgIpc) is 2.62. The van der Waals surface area contributed by atoms with Crippen LogP contribution in [-0.4, -0.2) is 60.0 Å². The summed E-state index contributed by atoms with van der Waals surface area (Å²) in [6.45, 7) is 2.93. The van der Waals surface area contributed by atoms with E-state index in [4.69, 9.17) is 0 Å². The lowest BCUT2D eigenvalue weighted by Crippen LogP contribution is -2.49. The van der Waals surface area contributed by atoms with Crippen molar-refractivity contribution >= 4 is 11.7 Å². The van der Waals surface area contributed by atoms with E-state index in [1.165, 1.54) is 0 Å². The molecule has 144 valence electrons. The van der Waals surface area contributed by atoms with E-state index in [9.17, 15) is 18.0 Å². The number of hydrogen-bond acceptors (Lipinski definition) is 5. The summed E-state index contributed by atoms with van der Waals surface area (Å²) in [4.78, 5) is 23.7. The third-order valence-corrected chi connectivity index (χ3v) is 5.10. The minimum absolute atomic E-state index is 0.0305. The van der Waals surface area contributed by atoms with Crippen molar-refractivity contribution in [2.45, 2.75) is 37.9 Å². The van der Waals surface area contributed by atoms with Crippen LogP contribution in [0.2, 0.25) is 0 Å². The molecule has 0 aliphatic carbocycles. The molecule has 1 amide bonds. The van der Waals surface area contributed by atoms with Gasteiger partial charge in [-0.1, -0.05) is 0 Å². The van der Waals surface area contributed by atoms with E-state index in [0.717, 1.165) is 38.3 Å². The third-order valence-electron chi connectivity index (χ3n) is 5.10. The molecular weight excluding hydrogens is 347 g/mol. The van der Waals surface area contributed by atoms with Crippen molar-refractivity contribution in [2.75, 3.05) is 38.1 Å². The van der Waals surface area contributed by atoms with Gasteiger partial charge in [0, 0.05) is 31.7 Å². The molecule has 2 fully saturated rings. The van der Waals surface area contributed by atoms with Crippen LogP contribution >= 0.6 is 0 Å². The lowest BCUT2D eigenvalue weighted by atomic mass is 9.96. The Kier molecular flexibility index (Phi) is 5.64. The van der Waals surface area contributed by atoms with Crippen LogP contribution in [0.4, 0.5) is 19.0 Å². The van der Waals surface area contributed by atoms with Crippen molar-refractivity contribution in [2.24, 2.45) is 5.92 Å². The van der Waals surface area contributed by atoms with Crippen LogP contribution in [-0.2, 0) is 11.0 Å². The molecule has 0 spiro atoms. The maximum atomic E-state index is 12.8. The zero-order chi connectivity index (χ0) is 18.7. The van der Waals surface area contributed by atoms with Crippen LogP contribution in [0.15, 0.2) is 12.4 Å². The molecule has 3 heterocycles. The molecule has 0 bridgehead atoms. The maximum absolute atomic E-state index is 12.8. The van der Waals surface area contributed by atoms with Gasteiger partial charge in [0.1, 0.15) is 17.8 Å². The third kappa shape index (κ3) is 4.63. The van der Waals surface area contributed by atoms with E-state index in [2.05, 4.69) is 20.2 Å². The minimum Gasteiger partial charge on any atom is -0.356 e.